The van der Waals surface area contributed by atoms with E-state index in [0.29, 0.717) is 18.5 Å². The zero-order chi connectivity index (χ0) is 17.8. The van der Waals surface area contributed by atoms with Crippen molar-refractivity contribution in [2.75, 3.05) is 0 Å². The molecule has 0 aliphatic heterocycles. The standard InChI is InChI=1S/C19H16BrFN2O2/c20-15-10-14-9-13(3-1-2-4-17(24)25)18(23-19(14)22-11-15)12-5-7-16(21)8-6-12/h5-11H,1-4H2,(H,24,25). The van der Waals surface area contributed by atoms with Crippen molar-refractivity contribution < 1.29 is 14.3 Å². The van der Waals surface area contributed by atoms with Gasteiger partial charge in [-0.05, 0) is 77.2 Å². The van der Waals surface area contributed by atoms with Crippen molar-refractivity contribution in [1.82, 2.24) is 9.97 Å². The predicted molar refractivity (Wildman–Crippen MR) is 97.8 cm³/mol. The molecule has 128 valence electrons. The van der Waals surface area contributed by atoms with E-state index in [1.54, 1.807) is 18.3 Å². The summed E-state index contributed by atoms with van der Waals surface area (Å²) in [6, 6.07) is 10.2. The quantitative estimate of drug-likeness (QED) is 0.589. The van der Waals surface area contributed by atoms with Gasteiger partial charge in [0.25, 0.3) is 0 Å². The molecule has 0 amide bonds. The van der Waals surface area contributed by atoms with E-state index >= 15 is 0 Å². The van der Waals surface area contributed by atoms with Gasteiger partial charge in [0.05, 0.1) is 5.69 Å². The summed E-state index contributed by atoms with van der Waals surface area (Å²) in [6.45, 7) is 0. The fourth-order valence-corrected chi connectivity index (χ4v) is 3.07. The predicted octanol–water partition coefficient (Wildman–Crippen LogP) is 5.00. The first-order valence-corrected chi connectivity index (χ1v) is 8.75. The van der Waals surface area contributed by atoms with Crippen molar-refractivity contribution >= 4 is 32.9 Å². The molecular weight excluding hydrogens is 387 g/mol. The minimum atomic E-state index is -0.788. The summed E-state index contributed by atoms with van der Waals surface area (Å²) in [6.07, 6.45) is 3.90. The van der Waals surface area contributed by atoms with Crippen molar-refractivity contribution in [3.63, 3.8) is 0 Å². The van der Waals surface area contributed by atoms with Crippen molar-refractivity contribution in [3.8, 4) is 11.3 Å². The van der Waals surface area contributed by atoms with Crippen LogP contribution in [0.1, 0.15) is 24.8 Å². The van der Waals surface area contributed by atoms with Gasteiger partial charge in [0.15, 0.2) is 5.65 Å². The van der Waals surface area contributed by atoms with Gasteiger partial charge >= 0.3 is 5.97 Å². The molecule has 25 heavy (non-hydrogen) atoms. The maximum absolute atomic E-state index is 13.2. The first kappa shape index (κ1) is 17.5. The van der Waals surface area contributed by atoms with Gasteiger partial charge in [-0.2, -0.15) is 0 Å². The number of benzene rings is 1. The second kappa shape index (κ2) is 7.70. The molecule has 0 aliphatic carbocycles. The molecule has 0 spiro atoms. The number of fused-ring (bicyclic) bond motifs is 1. The Morgan fingerprint density at radius 3 is 2.64 bits per heavy atom. The van der Waals surface area contributed by atoms with Gasteiger partial charge in [-0.1, -0.05) is 0 Å². The summed E-state index contributed by atoms with van der Waals surface area (Å²) in [5.74, 6) is -1.09. The molecular formula is C19H16BrFN2O2. The summed E-state index contributed by atoms with van der Waals surface area (Å²) in [4.78, 5) is 19.7. The van der Waals surface area contributed by atoms with Crippen molar-refractivity contribution in [2.24, 2.45) is 0 Å². The highest BCUT2D eigenvalue weighted by Gasteiger charge is 2.11. The van der Waals surface area contributed by atoms with Crippen LogP contribution in [-0.4, -0.2) is 21.0 Å². The van der Waals surface area contributed by atoms with E-state index in [2.05, 4.69) is 25.9 Å². The molecule has 0 fully saturated rings. The van der Waals surface area contributed by atoms with Crippen LogP contribution in [0.5, 0.6) is 0 Å². The molecule has 2 aromatic heterocycles. The van der Waals surface area contributed by atoms with Crippen LogP contribution in [-0.2, 0) is 11.2 Å². The van der Waals surface area contributed by atoms with E-state index in [-0.39, 0.29) is 12.2 Å². The van der Waals surface area contributed by atoms with Gasteiger partial charge < -0.3 is 5.11 Å². The van der Waals surface area contributed by atoms with Crippen molar-refractivity contribution in [3.05, 3.63) is 58.4 Å². The third-order valence-electron chi connectivity index (χ3n) is 3.92. The number of aryl methyl sites for hydroxylation is 1. The van der Waals surface area contributed by atoms with Crippen LogP contribution in [0, 0.1) is 5.82 Å². The number of carbonyl (C=O) groups is 1. The molecule has 3 rings (SSSR count). The molecule has 3 aromatic rings. The summed E-state index contributed by atoms with van der Waals surface area (Å²) in [5, 5.41) is 9.69. The van der Waals surface area contributed by atoms with Gasteiger partial charge in [0.1, 0.15) is 5.82 Å². The molecule has 1 aromatic carbocycles. The number of hydrogen-bond donors (Lipinski definition) is 1. The van der Waals surface area contributed by atoms with E-state index in [0.717, 1.165) is 33.1 Å². The maximum atomic E-state index is 13.2. The summed E-state index contributed by atoms with van der Waals surface area (Å²) < 4.78 is 14.1. The molecule has 0 saturated carbocycles. The average molecular weight is 403 g/mol. The van der Waals surface area contributed by atoms with Crippen LogP contribution < -0.4 is 0 Å². The van der Waals surface area contributed by atoms with E-state index in [9.17, 15) is 9.18 Å². The van der Waals surface area contributed by atoms with Crippen LogP contribution in [0.3, 0.4) is 0 Å². The van der Waals surface area contributed by atoms with Crippen molar-refractivity contribution in [1.29, 1.82) is 0 Å². The number of aliphatic carboxylic acids is 1. The first-order valence-electron chi connectivity index (χ1n) is 7.96. The third kappa shape index (κ3) is 4.39. The molecule has 1 N–H and O–H groups in total. The number of rotatable bonds is 6. The Morgan fingerprint density at radius 1 is 1.16 bits per heavy atom. The molecule has 0 radical (unpaired) electrons. The Bertz CT molecular complexity index is 913. The fraction of sp³-hybridized carbons (Fsp3) is 0.211. The lowest BCUT2D eigenvalue weighted by Gasteiger charge is -2.11. The Morgan fingerprint density at radius 2 is 1.92 bits per heavy atom. The second-order valence-corrected chi connectivity index (χ2v) is 6.72. The smallest absolute Gasteiger partial charge is 0.303 e. The summed E-state index contributed by atoms with van der Waals surface area (Å²) >= 11 is 3.41. The molecule has 0 atom stereocenters. The molecule has 0 saturated heterocycles. The molecule has 4 nitrogen and oxygen atoms in total. The average Bonchev–Trinajstić information content (AvgIpc) is 2.58. The largest absolute Gasteiger partial charge is 0.481 e. The van der Waals surface area contributed by atoms with Gasteiger partial charge in [-0.3, -0.25) is 4.79 Å². The highest BCUT2D eigenvalue weighted by molar-refractivity contribution is 9.10. The fourth-order valence-electron chi connectivity index (χ4n) is 2.72. The van der Waals surface area contributed by atoms with Crippen LogP contribution in [0.2, 0.25) is 0 Å². The molecule has 2 heterocycles. The third-order valence-corrected chi connectivity index (χ3v) is 4.35. The zero-order valence-corrected chi connectivity index (χ0v) is 15.0. The molecule has 0 bridgehead atoms. The van der Waals surface area contributed by atoms with E-state index in [1.165, 1.54) is 12.1 Å². The highest BCUT2D eigenvalue weighted by atomic mass is 79.9. The SMILES string of the molecule is O=C(O)CCCCc1cc2cc(Br)cnc2nc1-c1ccc(F)cc1. The molecule has 0 aliphatic rings. The maximum Gasteiger partial charge on any atom is 0.303 e. The summed E-state index contributed by atoms with van der Waals surface area (Å²) in [7, 11) is 0. The molecule has 0 unspecified atom stereocenters. The lowest BCUT2D eigenvalue weighted by Crippen LogP contribution is -1.99. The van der Waals surface area contributed by atoms with E-state index in [1.807, 2.05) is 12.1 Å². The zero-order valence-electron chi connectivity index (χ0n) is 13.4. The molecule has 6 heteroatoms. The van der Waals surface area contributed by atoms with Crippen LogP contribution in [0.15, 0.2) is 47.1 Å². The van der Waals surface area contributed by atoms with Gasteiger partial charge in [0.2, 0.25) is 0 Å². The number of carboxylic acid groups (broad SMARTS) is 1. The van der Waals surface area contributed by atoms with E-state index < -0.39 is 5.97 Å². The minimum absolute atomic E-state index is 0.153. The summed E-state index contributed by atoms with van der Waals surface area (Å²) in [5.41, 5.74) is 3.21. The topological polar surface area (TPSA) is 63.1 Å². The van der Waals surface area contributed by atoms with Crippen molar-refractivity contribution in [2.45, 2.75) is 25.7 Å². The van der Waals surface area contributed by atoms with E-state index in [4.69, 9.17) is 5.11 Å². The van der Waals surface area contributed by atoms with Gasteiger partial charge in [-0.25, -0.2) is 14.4 Å². The number of hydrogen-bond acceptors (Lipinski definition) is 3. The number of carboxylic acids is 1. The lowest BCUT2D eigenvalue weighted by molar-refractivity contribution is -0.137. The number of aromatic nitrogens is 2. The lowest BCUT2D eigenvalue weighted by atomic mass is 9.99. The van der Waals surface area contributed by atoms with Crippen LogP contribution >= 0.6 is 15.9 Å². The number of halogens is 2. The first-order chi connectivity index (χ1) is 12.0. The van der Waals surface area contributed by atoms with Crippen LogP contribution in [0.4, 0.5) is 4.39 Å². The highest BCUT2D eigenvalue weighted by Crippen LogP contribution is 2.28. The Hall–Kier alpha value is -2.34. The Kier molecular flexibility index (Phi) is 5.38. The second-order valence-electron chi connectivity index (χ2n) is 5.80. The normalized spacial score (nSPS) is 11.0. The number of unbranched alkanes of at least 4 members (excludes halogenated alkanes) is 1. The Labute approximate surface area is 152 Å². The van der Waals surface area contributed by atoms with Crippen LogP contribution in [0.25, 0.3) is 22.3 Å². The van der Waals surface area contributed by atoms with Gasteiger partial charge in [-0.15, -0.1) is 0 Å². The number of nitrogens with zero attached hydrogens (tertiary/aromatic N) is 2. The minimum Gasteiger partial charge on any atom is -0.481 e. The monoisotopic (exact) mass is 402 g/mol. The van der Waals surface area contributed by atoms with Gasteiger partial charge in [0, 0.05) is 28.0 Å². The number of pyridine rings is 2. The Balaban J connectivity index is 1.99.